The average Bonchev–Trinajstić information content (AvgIpc) is 2.87. The summed E-state index contributed by atoms with van der Waals surface area (Å²) in [4.78, 5) is 17.0. The fourth-order valence-electron chi connectivity index (χ4n) is 3.86. The maximum atomic E-state index is 13.1. The number of para-hydroxylation sites is 2. The molecule has 1 aliphatic heterocycles. The quantitative estimate of drug-likeness (QED) is 0.590. The zero-order valence-corrected chi connectivity index (χ0v) is 18.4. The topological polar surface area (TPSA) is 77.0 Å². The first-order chi connectivity index (χ1) is 15.7. The Morgan fingerprint density at radius 1 is 0.781 bits per heavy atom. The lowest BCUT2D eigenvalue weighted by molar-refractivity contribution is 0.0742. The molecule has 0 atom stereocenters. The molecule has 1 saturated heterocycles. The Hall–Kier alpha value is -3.81. The second-order valence-corrected chi connectivity index (χ2v) is 7.30. The van der Waals surface area contributed by atoms with E-state index >= 15 is 0 Å². The number of methoxy groups -OCH3 is 3. The third-order valence-corrected chi connectivity index (χ3v) is 5.56. The van der Waals surface area contributed by atoms with Crippen molar-refractivity contribution in [3.05, 3.63) is 60.2 Å². The van der Waals surface area contributed by atoms with Crippen LogP contribution in [0.3, 0.4) is 0 Å². The summed E-state index contributed by atoms with van der Waals surface area (Å²) in [5, 5.41) is 8.81. The van der Waals surface area contributed by atoms with Crippen molar-refractivity contribution in [2.24, 2.45) is 0 Å². The predicted octanol–water partition coefficient (Wildman–Crippen LogP) is 3.13. The SMILES string of the molecule is COc1ccccc1-c1ccc(N2CCN(C(=O)c3cccc(OC)c3OC)CC2)nn1. The van der Waals surface area contributed by atoms with Crippen LogP contribution >= 0.6 is 0 Å². The molecule has 0 bridgehead atoms. The molecule has 0 aliphatic carbocycles. The van der Waals surface area contributed by atoms with E-state index in [1.165, 1.54) is 0 Å². The molecule has 0 saturated carbocycles. The molecule has 32 heavy (non-hydrogen) atoms. The first-order valence-electron chi connectivity index (χ1n) is 10.4. The van der Waals surface area contributed by atoms with Crippen molar-refractivity contribution in [2.45, 2.75) is 0 Å². The molecule has 1 aromatic heterocycles. The largest absolute Gasteiger partial charge is 0.496 e. The van der Waals surface area contributed by atoms with E-state index in [-0.39, 0.29) is 5.91 Å². The highest BCUT2D eigenvalue weighted by Gasteiger charge is 2.26. The smallest absolute Gasteiger partial charge is 0.257 e. The maximum Gasteiger partial charge on any atom is 0.257 e. The number of nitrogens with zero attached hydrogens (tertiary/aromatic N) is 4. The number of piperazine rings is 1. The number of aromatic nitrogens is 2. The molecular formula is C24H26N4O4. The van der Waals surface area contributed by atoms with Crippen molar-refractivity contribution in [3.63, 3.8) is 0 Å². The third-order valence-electron chi connectivity index (χ3n) is 5.56. The number of ether oxygens (including phenoxy) is 3. The van der Waals surface area contributed by atoms with Crippen LogP contribution in [0.25, 0.3) is 11.3 Å². The molecule has 1 amide bonds. The molecule has 2 heterocycles. The zero-order valence-electron chi connectivity index (χ0n) is 18.4. The second kappa shape index (κ2) is 9.55. The first-order valence-corrected chi connectivity index (χ1v) is 10.4. The van der Waals surface area contributed by atoms with Gasteiger partial charge < -0.3 is 24.0 Å². The van der Waals surface area contributed by atoms with Crippen LogP contribution in [0.2, 0.25) is 0 Å². The van der Waals surface area contributed by atoms with Crippen LogP contribution in [-0.2, 0) is 0 Å². The minimum absolute atomic E-state index is 0.0713. The number of amides is 1. The van der Waals surface area contributed by atoms with E-state index in [9.17, 15) is 4.79 Å². The van der Waals surface area contributed by atoms with Crippen molar-refractivity contribution < 1.29 is 19.0 Å². The Labute approximate surface area is 187 Å². The van der Waals surface area contributed by atoms with Crippen LogP contribution in [0.4, 0.5) is 5.82 Å². The predicted molar refractivity (Wildman–Crippen MR) is 122 cm³/mol. The summed E-state index contributed by atoms with van der Waals surface area (Å²) >= 11 is 0. The average molecular weight is 434 g/mol. The van der Waals surface area contributed by atoms with Crippen LogP contribution in [-0.4, -0.2) is 68.5 Å². The van der Waals surface area contributed by atoms with Crippen LogP contribution < -0.4 is 19.1 Å². The molecule has 8 heteroatoms. The molecule has 1 fully saturated rings. The molecule has 1 aliphatic rings. The Kier molecular flexibility index (Phi) is 6.39. The van der Waals surface area contributed by atoms with Gasteiger partial charge in [0.1, 0.15) is 5.75 Å². The van der Waals surface area contributed by atoms with Gasteiger partial charge in [-0.15, -0.1) is 10.2 Å². The van der Waals surface area contributed by atoms with Crippen molar-refractivity contribution in [1.82, 2.24) is 15.1 Å². The van der Waals surface area contributed by atoms with Crippen molar-refractivity contribution >= 4 is 11.7 Å². The van der Waals surface area contributed by atoms with E-state index in [1.807, 2.05) is 41.3 Å². The number of hydrogen-bond acceptors (Lipinski definition) is 7. The molecule has 8 nitrogen and oxygen atoms in total. The Morgan fingerprint density at radius 3 is 2.16 bits per heavy atom. The Morgan fingerprint density at radius 2 is 1.50 bits per heavy atom. The number of carbonyl (C=O) groups is 1. The lowest BCUT2D eigenvalue weighted by Gasteiger charge is -2.35. The summed E-state index contributed by atoms with van der Waals surface area (Å²) in [6, 6.07) is 17.0. The summed E-state index contributed by atoms with van der Waals surface area (Å²) in [6.07, 6.45) is 0. The van der Waals surface area contributed by atoms with Gasteiger partial charge in [0.05, 0.1) is 32.6 Å². The summed E-state index contributed by atoms with van der Waals surface area (Å²) in [5.74, 6) is 2.48. The molecule has 0 spiro atoms. The Balaban J connectivity index is 1.44. The normalized spacial score (nSPS) is 13.6. The standard InChI is InChI=1S/C24H26N4O4/c1-30-20-9-5-4-7-17(20)19-11-12-22(26-25-19)27-13-15-28(16-14-27)24(29)18-8-6-10-21(31-2)23(18)32-3/h4-12H,13-16H2,1-3H3. The molecule has 3 aromatic rings. The lowest BCUT2D eigenvalue weighted by atomic mass is 10.1. The molecule has 0 radical (unpaired) electrons. The van der Waals surface area contributed by atoms with Crippen LogP contribution in [0.5, 0.6) is 17.2 Å². The fraction of sp³-hybridized carbons (Fsp3) is 0.292. The van der Waals surface area contributed by atoms with Gasteiger partial charge in [0, 0.05) is 31.7 Å². The van der Waals surface area contributed by atoms with E-state index in [2.05, 4.69) is 15.1 Å². The van der Waals surface area contributed by atoms with Gasteiger partial charge in [0.15, 0.2) is 17.3 Å². The maximum absolute atomic E-state index is 13.1. The van der Waals surface area contributed by atoms with Gasteiger partial charge in [0.25, 0.3) is 5.91 Å². The van der Waals surface area contributed by atoms with Crippen LogP contribution in [0.15, 0.2) is 54.6 Å². The Bertz CT molecular complexity index is 1080. The number of hydrogen-bond donors (Lipinski definition) is 0. The molecular weight excluding hydrogens is 408 g/mol. The van der Waals surface area contributed by atoms with Gasteiger partial charge in [-0.25, -0.2) is 0 Å². The number of anilines is 1. The molecule has 0 unspecified atom stereocenters. The van der Waals surface area contributed by atoms with Gasteiger partial charge in [0.2, 0.25) is 0 Å². The summed E-state index contributed by atoms with van der Waals surface area (Å²) in [5.41, 5.74) is 2.16. The second-order valence-electron chi connectivity index (χ2n) is 7.30. The highest BCUT2D eigenvalue weighted by atomic mass is 16.5. The van der Waals surface area contributed by atoms with Gasteiger partial charge >= 0.3 is 0 Å². The van der Waals surface area contributed by atoms with Crippen molar-refractivity contribution in [1.29, 1.82) is 0 Å². The summed E-state index contributed by atoms with van der Waals surface area (Å²) in [7, 11) is 4.74. The molecule has 4 rings (SSSR count). The zero-order chi connectivity index (χ0) is 22.5. The summed E-state index contributed by atoms with van der Waals surface area (Å²) < 4.78 is 16.2. The van der Waals surface area contributed by atoms with Gasteiger partial charge in [-0.2, -0.15) is 0 Å². The minimum atomic E-state index is -0.0713. The van der Waals surface area contributed by atoms with E-state index in [4.69, 9.17) is 14.2 Å². The molecule has 166 valence electrons. The van der Waals surface area contributed by atoms with Gasteiger partial charge in [-0.1, -0.05) is 18.2 Å². The highest BCUT2D eigenvalue weighted by Crippen LogP contribution is 2.32. The lowest BCUT2D eigenvalue weighted by Crippen LogP contribution is -2.49. The van der Waals surface area contributed by atoms with Crippen LogP contribution in [0, 0.1) is 0 Å². The highest BCUT2D eigenvalue weighted by molar-refractivity contribution is 5.98. The number of rotatable bonds is 6. The van der Waals surface area contributed by atoms with Crippen molar-refractivity contribution in [3.8, 4) is 28.5 Å². The summed E-state index contributed by atoms with van der Waals surface area (Å²) in [6.45, 7) is 2.49. The van der Waals surface area contributed by atoms with E-state index in [1.54, 1.807) is 39.5 Å². The number of benzene rings is 2. The minimum Gasteiger partial charge on any atom is -0.496 e. The van der Waals surface area contributed by atoms with Crippen molar-refractivity contribution in [2.75, 3.05) is 52.4 Å². The monoisotopic (exact) mass is 434 g/mol. The van der Waals surface area contributed by atoms with E-state index in [0.717, 1.165) is 22.8 Å². The molecule has 2 aromatic carbocycles. The first kappa shape index (κ1) is 21.4. The van der Waals surface area contributed by atoms with E-state index in [0.29, 0.717) is 43.2 Å². The van der Waals surface area contributed by atoms with Gasteiger partial charge in [-0.05, 0) is 36.4 Å². The van der Waals surface area contributed by atoms with Crippen LogP contribution in [0.1, 0.15) is 10.4 Å². The van der Waals surface area contributed by atoms with Gasteiger partial charge in [-0.3, -0.25) is 4.79 Å². The number of carbonyl (C=O) groups excluding carboxylic acids is 1. The molecule has 0 N–H and O–H groups in total. The van der Waals surface area contributed by atoms with E-state index < -0.39 is 0 Å². The third kappa shape index (κ3) is 4.16. The fourth-order valence-corrected chi connectivity index (χ4v) is 3.86.